The van der Waals surface area contributed by atoms with Gasteiger partial charge in [0.25, 0.3) is 5.91 Å². The van der Waals surface area contributed by atoms with E-state index in [-0.39, 0.29) is 21.5 Å². The SMILES string of the molecule is Cc1cc(C)c(S(=O)(=O)N(CC(=O)N/N=C/c2cccc(Cl)c2Cl)Cc2ccc(Cl)c(Cl)c2)c(C)c1. The monoisotopic (exact) mass is 585 g/mol. The van der Waals surface area contributed by atoms with Crippen molar-refractivity contribution >= 4 is 68.5 Å². The largest absolute Gasteiger partial charge is 0.272 e. The highest BCUT2D eigenvalue weighted by Gasteiger charge is 2.30. The first-order chi connectivity index (χ1) is 16.9. The molecule has 0 radical (unpaired) electrons. The lowest BCUT2D eigenvalue weighted by molar-refractivity contribution is -0.121. The lowest BCUT2D eigenvalue weighted by atomic mass is 10.1. The Hall–Kier alpha value is -2.13. The molecule has 3 rings (SSSR count). The zero-order chi connectivity index (χ0) is 26.6. The van der Waals surface area contributed by atoms with Gasteiger partial charge < -0.3 is 0 Å². The molecule has 0 aliphatic rings. The van der Waals surface area contributed by atoms with Crippen LogP contribution in [-0.2, 0) is 21.4 Å². The van der Waals surface area contributed by atoms with Crippen molar-refractivity contribution in [3.05, 3.63) is 96.4 Å². The first-order valence-corrected chi connectivity index (χ1v) is 13.6. The molecule has 0 atom stereocenters. The lowest BCUT2D eigenvalue weighted by Crippen LogP contribution is -2.39. The molecule has 0 aromatic heterocycles. The summed E-state index contributed by atoms with van der Waals surface area (Å²) < 4.78 is 28.6. The summed E-state index contributed by atoms with van der Waals surface area (Å²) in [4.78, 5) is 12.9. The van der Waals surface area contributed by atoms with Crippen molar-refractivity contribution in [2.45, 2.75) is 32.2 Å². The van der Waals surface area contributed by atoms with Crippen LogP contribution in [0, 0.1) is 20.8 Å². The van der Waals surface area contributed by atoms with E-state index in [2.05, 4.69) is 10.5 Å². The number of sulfonamides is 1. The van der Waals surface area contributed by atoms with Gasteiger partial charge in [-0.05, 0) is 55.7 Å². The van der Waals surface area contributed by atoms with Gasteiger partial charge in [-0.1, -0.05) is 82.3 Å². The Bertz CT molecular complexity index is 1420. The normalized spacial score (nSPS) is 11.9. The van der Waals surface area contributed by atoms with Crippen LogP contribution in [0.2, 0.25) is 20.1 Å². The Labute approximate surface area is 230 Å². The summed E-state index contributed by atoms with van der Waals surface area (Å²) in [6.07, 6.45) is 1.33. The van der Waals surface area contributed by atoms with Crippen molar-refractivity contribution in [2.24, 2.45) is 5.10 Å². The molecular formula is C25H23Cl4N3O3S. The summed E-state index contributed by atoms with van der Waals surface area (Å²) >= 11 is 24.3. The number of halogens is 4. The van der Waals surface area contributed by atoms with Crippen LogP contribution in [0.3, 0.4) is 0 Å². The van der Waals surface area contributed by atoms with Gasteiger partial charge in [0.05, 0.1) is 37.7 Å². The molecule has 1 N–H and O–H groups in total. The van der Waals surface area contributed by atoms with Gasteiger partial charge in [0, 0.05) is 12.1 Å². The van der Waals surface area contributed by atoms with Crippen molar-refractivity contribution in [2.75, 3.05) is 6.54 Å². The Balaban J connectivity index is 1.91. The van der Waals surface area contributed by atoms with Gasteiger partial charge in [0.1, 0.15) is 0 Å². The second-order valence-electron chi connectivity index (χ2n) is 8.19. The number of aryl methyl sites for hydroxylation is 3. The molecule has 0 bridgehead atoms. The molecule has 1 amide bonds. The van der Waals surface area contributed by atoms with Crippen LogP contribution in [0.5, 0.6) is 0 Å². The first kappa shape index (κ1) is 28.4. The van der Waals surface area contributed by atoms with Gasteiger partial charge in [-0.3, -0.25) is 4.79 Å². The zero-order valence-electron chi connectivity index (χ0n) is 19.6. The minimum atomic E-state index is -4.08. The van der Waals surface area contributed by atoms with Crippen LogP contribution >= 0.6 is 46.4 Å². The number of hydrogen-bond acceptors (Lipinski definition) is 4. The van der Waals surface area contributed by atoms with Crippen molar-refractivity contribution in [3.63, 3.8) is 0 Å². The Morgan fingerprint density at radius 1 is 0.944 bits per heavy atom. The molecule has 11 heteroatoms. The van der Waals surface area contributed by atoms with Crippen LogP contribution < -0.4 is 5.43 Å². The standard InChI is InChI=1S/C25H23Cl4N3O3S/c1-15-9-16(2)25(17(3)10-15)36(34,35)32(13-18-7-8-20(26)22(28)11-18)14-23(33)31-30-12-19-5-4-6-21(27)24(19)29/h4-12H,13-14H2,1-3H3,(H,31,33)/b30-12+. The second kappa shape index (κ2) is 11.9. The molecule has 0 saturated heterocycles. The molecule has 6 nitrogen and oxygen atoms in total. The number of carbonyl (C=O) groups is 1. The van der Waals surface area contributed by atoms with Crippen molar-refractivity contribution in [1.82, 2.24) is 9.73 Å². The number of nitrogens with one attached hydrogen (secondary N) is 1. The smallest absolute Gasteiger partial charge is 0.255 e. The highest BCUT2D eigenvalue weighted by atomic mass is 35.5. The summed E-state index contributed by atoms with van der Waals surface area (Å²) in [5.41, 5.74) is 5.52. The van der Waals surface area contributed by atoms with Gasteiger partial charge in [0.2, 0.25) is 10.0 Å². The number of carbonyl (C=O) groups excluding carboxylic acids is 1. The molecule has 36 heavy (non-hydrogen) atoms. The van der Waals surface area contributed by atoms with Crippen molar-refractivity contribution in [1.29, 1.82) is 0 Å². The van der Waals surface area contributed by atoms with E-state index in [0.717, 1.165) is 9.87 Å². The Morgan fingerprint density at radius 3 is 2.25 bits per heavy atom. The molecule has 0 spiro atoms. The fourth-order valence-electron chi connectivity index (χ4n) is 3.76. The highest BCUT2D eigenvalue weighted by Crippen LogP contribution is 2.28. The predicted octanol–water partition coefficient (Wildman–Crippen LogP) is 6.57. The molecule has 0 fully saturated rings. The molecule has 3 aromatic rings. The number of hydrogen-bond donors (Lipinski definition) is 1. The van der Waals surface area contributed by atoms with Crippen LogP contribution in [0.25, 0.3) is 0 Å². The van der Waals surface area contributed by atoms with E-state index in [9.17, 15) is 13.2 Å². The molecule has 0 saturated carbocycles. The second-order valence-corrected chi connectivity index (χ2v) is 11.7. The van der Waals surface area contributed by atoms with Crippen LogP contribution in [0.4, 0.5) is 0 Å². The van der Waals surface area contributed by atoms with E-state index in [4.69, 9.17) is 46.4 Å². The van der Waals surface area contributed by atoms with Crippen molar-refractivity contribution < 1.29 is 13.2 Å². The number of amides is 1. The quantitative estimate of drug-likeness (QED) is 0.239. The van der Waals surface area contributed by atoms with E-state index < -0.39 is 22.5 Å². The van der Waals surface area contributed by atoms with E-state index >= 15 is 0 Å². The average molecular weight is 587 g/mol. The summed E-state index contributed by atoms with van der Waals surface area (Å²) in [5.74, 6) is -0.643. The van der Waals surface area contributed by atoms with E-state index in [1.807, 2.05) is 6.92 Å². The fourth-order valence-corrected chi connectivity index (χ4v) is 6.23. The number of hydrazone groups is 1. The molecular weight excluding hydrogens is 564 g/mol. The molecule has 0 aliphatic heterocycles. The maximum atomic E-state index is 13.8. The van der Waals surface area contributed by atoms with E-state index in [1.54, 1.807) is 62.4 Å². The minimum Gasteiger partial charge on any atom is -0.272 e. The third-order valence-electron chi connectivity index (χ3n) is 5.24. The van der Waals surface area contributed by atoms with Gasteiger partial charge >= 0.3 is 0 Å². The Kier molecular flexibility index (Phi) is 9.44. The first-order valence-electron chi connectivity index (χ1n) is 10.7. The summed E-state index contributed by atoms with van der Waals surface area (Å²) in [7, 11) is -4.08. The third-order valence-corrected chi connectivity index (χ3v) is 8.91. The summed E-state index contributed by atoms with van der Waals surface area (Å²) in [6, 6.07) is 13.4. The zero-order valence-corrected chi connectivity index (χ0v) is 23.5. The molecule has 3 aromatic carbocycles. The molecule has 0 unspecified atom stereocenters. The maximum absolute atomic E-state index is 13.8. The van der Waals surface area contributed by atoms with Crippen LogP contribution in [0.15, 0.2) is 58.5 Å². The van der Waals surface area contributed by atoms with E-state index in [1.165, 1.54) is 6.21 Å². The van der Waals surface area contributed by atoms with Gasteiger partial charge in [0.15, 0.2) is 0 Å². The van der Waals surface area contributed by atoms with Gasteiger partial charge in [-0.2, -0.15) is 9.41 Å². The predicted molar refractivity (Wildman–Crippen MR) is 147 cm³/mol. The topological polar surface area (TPSA) is 78.8 Å². The number of nitrogens with zero attached hydrogens (tertiary/aromatic N) is 2. The number of benzene rings is 3. The molecule has 190 valence electrons. The molecule has 0 aliphatic carbocycles. The van der Waals surface area contributed by atoms with E-state index in [0.29, 0.717) is 32.3 Å². The van der Waals surface area contributed by atoms with Crippen LogP contribution in [0.1, 0.15) is 27.8 Å². The highest BCUT2D eigenvalue weighted by molar-refractivity contribution is 7.89. The molecule has 0 heterocycles. The van der Waals surface area contributed by atoms with Gasteiger partial charge in [-0.25, -0.2) is 13.8 Å². The fraction of sp³-hybridized carbons (Fsp3) is 0.200. The minimum absolute atomic E-state index is 0.108. The summed E-state index contributed by atoms with van der Waals surface area (Å²) in [6.45, 7) is 4.74. The maximum Gasteiger partial charge on any atom is 0.255 e. The number of rotatable bonds is 8. The average Bonchev–Trinajstić information content (AvgIpc) is 2.77. The van der Waals surface area contributed by atoms with Crippen molar-refractivity contribution in [3.8, 4) is 0 Å². The van der Waals surface area contributed by atoms with Gasteiger partial charge in [-0.15, -0.1) is 0 Å². The van der Waals surface area contributed by atoms with Crippen LogP contribution in [-0.4, -0.2) is 31.4 Å². The lowest BCUT2D eigenvalue weighted by Gasteiger charge is -2.24. The Morgan fingerprint density at radius 2 is 1.61 bits per heavy atom. The summed E-state index contributed by atoms with van der Waals surface area (Å²) in [5, 5.41) is 5.15. The third kappa shape index (κ3) is 6.79.